The Hall–Kier alpha value is -7.01. The Labute approximate surface area is 340 Å². The average molecular weight is 758 g/mol. The first kappa shape index (κ1) is 33.2. The lowest BCUT2D eigenvalue weighted by molar-refractivity contribution is 1.09. The molecular formula is C54H35N3S. The molecule has 1 unspecified atom stereocenters. The van der Waals surface area contributed by atoms with Crippen molar-refractivity contribution in [2.45, 2.75) is 16.6 Å². The van der Waals surface area contributed by atoms with E-state index in [-0.39, 0.29) is 0 Å². The zero-order chi connectivity index (χ0) is 38.2. The zero-order valence-corrected chi connectivity index (χ0v) is 32.3. The van der Waals surface area contributed by atoms with Crippen LogP contribution < -0.4 is 0 Å². The molecule has 0 spiro atoms. The quantitative estimate of drug-likeness (QED) is 0.175. The smallest absolute Gasteiger partial charge is 0.160 e. The van der Waals surface area contributed by atoms with E-state index in [0.29, 0.717) is 11.1 Å². The summed E-state index contributed by atoms with van der Waals surface area (Å²) in [5, 5.41) is 6.67. The van der Waals surface area contributed by atoms with E-state index in [9.17, 15) is 0 Å². The summed E-state index contributed by atoms with van der Waals surface area (Å²) in [5.41, 5.74) is 14.9. The summed E-state index contributed by atoms with van der Waals surface area (Å²) in [4.78, 5) is 12.1. The predicted octanol–water partition coefficient (Wildman–Crippen LogP) is 14.4. The van der Waals surface area contributed by atoms with Crippen molar-refractivity contribution in [3.05, 3.63) is 200 Å². The highest BCUT2D eigenvalue weighted by atomic mass is 32.2. The molecule has 0 N–H and O–H groups in total. The first-order valence-electron chi connectivity index (χ1n) is 19.9. The van der Waals surface area contributed by atoms with Gasteiger partial charge in [-0.3, -0.25) is 0 Å². The molecule has 2 aromatic heterocycles. The lowest BCUT2D eigenvalue weighted by atomic mass is 9.91. The van der Waals surface area contributed by atoms with Gasteiger partial charge in [0.2, 0.25) is 0 Å². The second-order valence-corrected chi connectivity index (χ2v) is 16.4. The topological polar surface area (TPSA) is 30.7 Å². The summed E-state index contributed by atoms with van der Waals surface area (Å²) in [6.07, 6.45) is 7.94. The maximum absolute atomic E-state index is 5.46. The van der Waals surface area contributed by atoms with Crippen molar-refractivity contribution in [1.29, 1.82) is 0 Å². The fourth-order valence-corrected chi connectivity index (χ4v) is 10.7. The molecule has 12 rings (SSSR count). The monoisotopic (exact) mass is 757 g/mol. The molecule has 3 nitrogen and oxygen atoms in total. The van der Waals surface area contributed by atoms with E-state index in [1.54, 1.807) is 0 Å². The Morgan fingerprint density at radius 1 is 0.517 bits per heavy atom. The van der Waals surface area contributed by atoms with E-state index < -0.39 is 0 Å². The van der Waals surface area contributed by atoms with E-state index in [1.165, 1.54) is 59.7 Å². The number of allylic oxidation sites excluding steroid dienone is 3. The molecule has 3 heterocycles. The van der Waals surface area contributed by atoms with Gasteiger partial charge in [-0.2, -0.15) is 0 Å². The number of hydrogen-bond acceptors (Lipinski definition) is 3. The standard InChI is InChI=1S/C54H35N3S/c1-3-16-34(17-4-1)37-30-38(35-18-5-2-6-19-35)32-39(31-37)51-43-24-9-12-27-46(43)55-54(56-51)36-20-15-21-40(33-36)57-47-28-13-10-25-44(47)50-52(57)42-23-8-7-22-41(42)49-45-26-11-14-29-48(45)58-53(49)50/h1-28,30-33,48H,29H2. The Balaban J connectivity index is 1.08. The Kier molecular flexibility index (Phi) is 7.60. The third-order valence-corrected chi connectivity index (χ3v) is 13.2. The van der Waals surface area contributed by atoms with Crippen molar-refractivity contribution in [1.82, 2.24) is 14.5 Å². The lowest BCUT2D eigenvalue weighted by Gasteiger charge is -2.15. The van der Waals surface area contributed by atoms with Gasteiger partial charge in [-0.1, -0.05) is 152 Å². The van der Waals surface area contributed by atoms with Crippen LogP contribution in [0, 0.1) is 0 Å². The van der Waals surface area contributed by atoms with E-state index in [1.807, 2.05) is 11.8 Å². The Morgan fingerprint density at radius 2 is 1.16 bits per heavy atom. The number of aromatic nitrogens is 3. The minimum absolute atomic E-state index is 0.441. The van der Waals surface area contributed by atoms with E-state index in [2.05, 4.69) is 199 Å². The fourth-order valence-electron chi connectivity index (χ4n) is 9.23. The van der Waals surface area contributed by atoms with Crippen molar-refractivity contribution in [3.8, 4) is 50.6 Å². The molecule has 8 aromatic carbocycles. The van der Waals surface area contributed by atoms with Gasteiger partial charge in [-0.25, -0.2) is 9.97 Å². The van der Waals surface area contributed by atoms with Crippen LogP contribution in [0.1, 0.15) is 12.0 Å². The third kappa shape index (κ3) is 5.22. The van der Waals surface area contributed by atoms with Gasteiger partial charge in [0.25, 0.3) is 0 Å². The number of para-hydroxylation sites is 2. The molecule has 0 bridgehead atoms. The van der Waals surface area contributed by atoms with Crippen LogP contribution in [0.2, 0.25) is 0 Å². The van der Waals surface area contributed by atoms with Crippen LogP contribution in [-0.2, 0) is 0 Å². The van der Waals surface area contributed by atoms with Gasteiger partial charge < -0.3 is 4.57 Å². The molecule has 1 atom stereocenters. The number of benzene rings is 8. The molecule has 2 aliphatic rings. The average Bonchev–Trinajstić information content (AvgIpc) is 3.86. The van der Waals surface area contributed by atoms with Crippen molar-refractivity contribution in [3.63, 3.8) is 0 Å². The van der Waals surface area contributed by atoms with Crippen molar-refractivity contribution in [2.24, 2.45) is 0 Å². The van der Waals surface area contributed by atoms with Crippen molar-refractivity contribution in [2.75, 3.05) is 0 Å². The lowest BCUT2D eigenvalue weighted by Crippen LogP contribution is -2.01. The summed E-state index contributed by atoms with van der Waals surface area (Å²) < 4.78 is 2.48. The number of nitrogens with zero attached hydrogens (tertiary/aromatic N) is 3. The first-order chi connectivity index (χ1) is 28.8. The van der Waals surface area contributed by atoms with Gasteiger partial charge in [-0.05, 0) is 82.1 Å². The van der Waals surface area contributed by atoms with Crippen LogP contribution in [0.3, 0.4) is 0 Å². The summed E-state index contributed by atoms with van der Waals surface area (Å²) in [7, 11) is 0. The van der Waals surface area contributed by atoms with Crippen LogP contribution in [-0.4, -0.2) is 19.8 Å². The number of hydrogen-bond donors (Lipinski definition) is 0. The molecule has 4 heteroatoms. The Morgan fingerprint density at radius 3 is 1.93 bits per heavy atom. The normalized spacial score (nSPS) is 14.6. The molecule has 0 amide bonds. The second kappa shape index (κ2) is 13.3. The molecule has 0 saturated heterocycles. The third-order valence-electron chi connectivity index (χ3n) is 11.8. The van der Waals surface area contributed by atoms with Crippen molar-refractivity contribution >= 4 is 60.8 Å². The molecule has 58 heavy (non-hydrogen) atoms. The second-order valence-electron chi connectivity index (χ2n) is 15.2. The Bertz CT molecular complexity index is 3280. The number of thioether (sulfide) groups is 1. The number of fused-ring (bicyclic) bond motifs is 11. The molecule has 10 aromatic rings. The van der Waals surface area contributed by atoms with Gasteiger partial charge in [0.05, 0.1) is 22.2 Å². The van der Waals surface area contributed by atoms with Gasteiger partial charge >= 0.3 is 0 Å². The van der Waals surface area contributed by atoms with E-state index >= 15 is 0 Å². The van der Waals surface area contributed by atoms with Crippen LogP contribution in [0.15, 0.2) is 199 Å². The summed E-state index contributed by atoms with van der Waals surface area (Å²) >= 11 is 2.03. The molecule has 1 aliphatic heterocycles. The van der Waals surface area contributed by atoms with E-state index in [4.69, 9.17) is 9.97 Å². The largest absolute Gasteiger partial charge is 0.309 e. The van der Waals surface area contributed by atoms with Crippen molar-refractivity contribution < 1.29 is 0 Å². The first-order valence-corrected chi connectivity index (χ1v) is 20.8. The fraction of sp³-hybridized carbons (Fsp3) is 0.0370. The molecular weight excluding hydrogens is 723 g/mol. The highest BCUT2D eigenvalue weighted by Gasteiger charge is 2.34. The summed E-state index contributed by atoms with van der Waals surface area (Å²) in [5.74, 6) is 0.701. The summed E-state index contributed by atoms with van der Waals surface area (Å²) in [6.45, 7) is 0. The van der Waals surface area contributed by atoms with Gasteiger partial charge in [0.1, 0.15) is 0 Å². The molecule has 272 valence electrons. The molecule has 1 aliphatic carbocycles. The maximum atomic E-state index is 5.46. The molecule has 0 saturated carbocycles. The molecule has 0 radical (unpaired) electrons. The highest BCUT2D eigenvalue weighted by Crippen LogP contribution is 2.56. The van der Waals surface area contributed by atoms with Gasteiger partial charge in [0, 0.05) is 54.1 Å². The van der Waals surface area contributed by atoms with Gasteiger partial charge in [-0.15, -0.1) is 11.8 Å². The minimum Gasteiger partial charge on any atom is -0.309 e. The maximum Gasteiger partial charge on any atom is 0.160 e. The summed E-state index contributed by atoms with van der Waals surface area (Å²) in [6, 6.07) is 63.2. The highest BCUT2D eigenvalue weighted by molar-refractivity contribution is 8.01. The predicted molar refractivity (Wildman–Crippen MR) is 245 cm³/mol. The SMILES string of the molecule is C1=CCC2Sc3c(c4ccccc4c4c3c3ccccc3n4-c3cccc(-c4nc(-c5cc(-c6ccccc6)cc(-c6ccccc6)c5)c5ccccc5n4)c3)C2=C1. The zero-order valence-electron chi connectivity index (χ0n) is 31.5. The molecule has 0 fully saturated rings. The van der Waals surface area contributed by atoms with Crippen LogP contribution in [0.4, 0.5) is 0 Å². The van der Waals surface area contributed by atoms with Crippen LogP contribution >= 0.6 is 11.8 Å². The number of rotatable bonds is 5. The minimum atomic E-state index is 0.441. The van der Waals surface area contributed by atoms with Crippen LogP contribution in [0.5, 0.6) is 0 Å². The van der Waals surface area contributed by atoms with Gasteiger partial charge in [0.15, 0.2) is 5.82 Å². The van der Waals surface area contributed by atoms with E-state index in [0.717, 1.165) is 51.0 Å². The van der Waals surface area contributed by atoms with Crippen LogP contribution in [0.25, 0.3) is 99.6 Å².